The number of amides is 1. The zero-order chi connectivity index (χ0) is 15.5. The highest BCUT2D eigenvalue weighted by Crippen LogP contribution is 2.27. The van der Waals surface area contributed by atoms with Crippen molar-refractivity contribution in [3.63, 3.8) is 0 Å². The van der Waals surface area contributed by atoms with Gasteiger partial charge < -0.3 is 5.32 Å². The van der Waals surface area contributed by atoms with Crippen LogP contribution in [-0.2, 0) is 17.6 Å². The molecule has 1 aliphatic carbocycles. The van der Waals surface area contributed by atoms with Crippen LogP contribution in [0.4, 0.5) is 5.69 Å². The number of nitrogens with one attached hydrogen (secondary N) is 1. The minimum absolute atomic E-state index is 0.424. The molecule has 3 rings (SSSR count). The maximum atomic E-state index is 12.2. The largest absolute Gasteiger partial charge is 0.319 e. The lowest BCUT2D eigenvalue weighted by molar-refractivity contribution is -0.112. The van der Waals surface area contributed by atoms with Crippen LogP contribution in [0.3, 0.4) is 0 Å². The number of hydrogen-bond acceptors (Lipinski definition) is 2. The summed E-state index contributed by atoms with van der Waals surface area (Å²) in [6.45, 7) is 1.95. The molecular formula is C19H19NO2. The third-order valence-corrected chi connectivity index (χ3v) is 4.16. The van der Waals surface area contributed by atoms with Gasteiger partial charge in [-0.3, -0.25) is 9.59 Å². The molecule has 0 atom stereocenters. The monoisotopic (exact) mass is 293 g/mol. The molecule has 0 fully saturated rings. The molecule has 0 aromatic heterocycles. The van der Waals surface area contributed by atoms with Gasteiger partial charge in [0.25, 0.3) is 11.7 Å². The van der Waals surface area contributed by atoms with E-state index in [2.05, 4.69) is 11.4 Å². The molecule has 3 heteroatoms. The number of aryl methyl sites for hydroxylation is 2. The maximum absolute atomic E-state index is 12.2. The van der Waals surface area contributed by atoms with Gasteiger partial charge in [0.15, 0.2) is 0 Å². The summed E-state index contributed by atoms with van der Waals surface area (Å²) in [6.07, 6.45) is 4.33. The van der Waals surface area contributed by atoms with E-state index < -0.39 is 11.7 Å². The Morgan fingerprint density at radius 1 is 0.955 bits per heavy atom. The number of anilines is 1. The normalized spacial score (nSPS) is 13.3. The Labute approximate surface area is 130 Å². The molecule has 0 saturated heterocycles. The number of benzene rings is 2. The van der Waals surface area contributed by atoms with Crippen LogP contribution in [0.15, 0.2) is 42.5 Å². The summed E-state index contributed by atoms with van der Waals surface area (Å²) in [5, 5.41) is 2.79. The Kier molecular flexibility index (Phi) is 4.05. The fraction of sp³-hybridized carbons (Fsp3) is 0.263. The summed E-state index contributed by atoms with van der Waals surface area (Å²) >= 11 is 0. The fourth-order valence-corrected chi connectivity index (χ4v) is 2.91. The zero-order valence-electron chi connectivity index (χ0n) is 12.7. The lowest BCUT2D eigenvalue weighted by atomic mass is 9.90. The quantitative estimate of drug-likeness (QED) is 0.693. The third-order valence-electron chi connectivity index (χ3n) is 4.16. The lowest BCUT2D eigenvalue weighted by Crippen LogP contribution is -2.24. The van der Waals surface area contributed by atoms with Crippen LogP contribution in [0, 0.1) is 6.92 Å². The van der Waals surface area contributed by atoms with Crippen molar-refractivity contribution in [2.24, 2.45) is 0 Å². The summed E-state index contributed by atoms with van der Waals surface area (Å²) in [5.41, 5.74) is 4.73. The van der Waals surface area contributed by atoms with Gasteiger partial charge in [-0.25, -0.2) is 0 Å². The van der Waals surface area contributed by atoms with Crippen molar-refractivity contribution in [3.8, 4) is 0 Å². The molecule has 0 bridgehead atoms. The molecule has 0 saturated carbocycles. The first-order chi connectivity index (χ1) is 10.6. The van der Waals surface area contributed by atoms with Crippen molar-refractivity contribution < 1.29 is 9.59 Å². The van der Waals surface area contributed by atoms with Crippen LogP contribution >= 0.6 is 0 Å². The summed E-state index contributed by atoms with van der Waals surface area (Å²) in [5.74, 6) is -1.06. The van der Waals surface area contributed by atoms with Crippen LogP contribution in [0.1, 0.15) is 39.9 Å². The predicted octanol–water partition coefficient (Wildman–Crippen LogP) is 3.70. The number of ketones is 1. The number of carbonyl (C=O) groups excluding carboxylic acids is 2. The molecular weight excluding hydrogens is 274 g/mol. The summed E-state index contributed by atoms with van der Waals surface area (Å²) in [4.78, 5) is 24.4. The molecule has 0 radical (unpaired) electrons. The van der Waals surface area contributed by atoms with Gasteiger partial charge in [0.05, 0.1) is 0 Å². The molecule has 1 aliphatic rings. The summed E-state index contributed by atoms with van der Waals surface area (Å²) in [7, 11) is 0. The van der Waals surface area contributed by atoms with E-state index in [1.165, 1.54) is 17.5 Å². The Morgan fingerprint density at radius 3 is 2.45 bits per heavy atom. The molecule has 1 amide bonds. The highest BCUT2D eigenvalue weighted by atomic mass is 16.2. The molecule has 112 valence electrons. The van der Waals surface area contributed by atoms with Gasteiger partial charge in [0.1, 0.15) is 0 Å². The highest BCUT2D eigenvalue weighted by molar-refractivity contribution is 6.46. The molecule has 0 spiro atoms. The Morgan fingerprint density at radius 2 is 1.68 bits per heavy atom. The average molecular weight is 293 g/mol. The van der Waals surface area contributed by atoms with Crippen molar-refractivity contribution in [3.05, 3.63) is 64.7 Å². The van der Waals surface area contributed by atoms with E-state index in [4.69, 9.17) is 0 Å². The van der Waals surface area contributed by atoms with Crippen LogP contribution in [0.25, 0.3) is 0 Å². The summed E-state index contributed by atoms with van der Waals surface area (Å²) < 4.78 is 0. The second-order valence-corrected chi connectivity index (χ2v) is 5.80. The second-order valence-electron chi connectivity index (χ2n) is 5.80. The SMILES string of the molecule is Cc1ccc(C(=O)C(=O)Nc2cccc3c2CCCC3)cc1. The van der Waals surface area contributed by atoms with Crippen LogP contribution in [0.2, 0.25) is 0 Å². The molecule has 2 aromatic carbocycles. The first-order valence-corrected chi connectivity index (χ1v) is 7.68. The van der Waals surface area contributed by atoms with Crippen molar-refractivity contribution in [1.29, 1.82) is 0 Å². The standard InChI is InChI=1S/C19H19NO2/c1-13-9-11-15(12-10-13)18(21)19(22)20-17-8-4-6-14-5-2-3-7-16(14)17/h4,6,8-12H,2-3,5,7H2,1H3,(H,20,22). The number of hydrogen-bond donors (Lipinski definition) is 1. The smallest absolute Gasteiger partial charge is 0.296 e. The minimum atomic E-state index is -0.567. The fourth-order valence-electron chi connectivity index (χ4n) is 2.91. The Hall–Kier alpha value is -2.42. The van der Waals surface area contributed by atoms with E-state index in [0.29, 0.717) is 5.56 Å². The number of Topliss-reactive ketones (excluding diaryl/α,β-unsaturated/α-hetero) is 1. The van der Waals surface area contributed by atoms with Crippen molar-refractivity contribution in [2.45, 2.75) is 32.6 Å². The van der Waals surface area contributed by atoms with E-state index in [1.807, 2.05) is 31.2 Å². The predicted molar refractivity (Wildman–Crippen MR) is 87.2 cm³/mol. The van der Waals surface area contributed by atoms with Crippen LogP contribution in [0.5, 0.6) is 0 Å². The molecule has 0 unspecified atom stereocenters. The van der Waals surface area contributed by atoms with Crippen LogP contribution in [-0.4, -0.2) is 11.7 Å². The first kappa shape index (κ1) is 14.5. The molecule has 3 nitrogen and oxygen atoms in total. The molecule has 1 N–H and O–H groups in total. The van der Waals surface area contributed by atoms with Crippen molar-refractivity contribution in [2.75, 3.05) is 5.32 Å². The van der Waals surface area contributed by atoms with E-state index in [1.54, 1.807) is 12.1 Å². The average Bonchev–Trinajstić information content (AvgIpc) is 2.55. The third kappa shape index (κ3) is 2.93. The van der Waals surface area contributed by atoms with Crippen molar-refractivity contribution in [1.82, 2.24) is 0 Å². The summed E-state index contributed by atoms with van der Waals surface area (Å²) in [6, 6.07) is 13.0. The molecule has 0 aliphatic heterocycles. The number of fused-ring (bicyclic) bond motifs is 1. The topological polar surface area (TPSA) is 46.2 Å². The van der Waals surface area contributed by atoms with E-state index >= 15 is 0 Å². The van der Waals surface area contributed by atoms with Gasteiger partial charge in [-0.2, -0.15) is 0 Å². The minimum Gasteiger partial charge on any atom is -0.319 e. The maximum Gasteiger partial charge on any atom is 0.296 e. The molecule has 22 heavy (non-hydrogen) atoms. The highest BCUT2D eigenvalue weighted by Gasteiger charge is 2.19. The van der Waals surface area contributed by atoms with Crippen molar-refractivity contribution >= 4 is 17.4 Å². The molecule has 2 aromatic rings. The van der Waals surface area contributed by atoms with E-state index in [9.17, 15) is 9.59 Å². The van der Waals surface area contributed by atoms with Gasteiger partial charge in [0.2, 0.25) is 0 Å². The zero-order valence-corrected chi connectivity index (χ0v) is 12.7. The Balaban J connectivity index is 1.80. The lowest BCUT2D eigenvalue weighted by Gasteiger charge is -2.19. The molecule has 0 heterocycles. The Bertz CT molecular complexity index is 717. The van der Waals surface area contributed by atoms with Gasteiger partial charge in [-0.05, 0) is 49.8 Å². The van der Waals surface area contributed by atoms with Crippen LogP contribution < -0.4 is 5.32 Å². The van der Waals surface area contributed by atoms with Gasteiger partial charge in [-0.15, -0.1) is 0 Å². The second kappa shape index (κ2) is 6.14. The van der Waals surface area contributed by atoms with Gasteiger partial charge in [-0.1, -0.05) is 42.0 Å². The van der Waals surface area contributed by atoms with E-state index in [0.717, 1.165) is 30.5 Å². The van der Waals surface area contributed by atoms with Gasteiger partial charge in [0, 0.05) is 11.3 Å². The van der Waals surface area contributed by atoms with E-state index in [-0.39, 0.29) is 0 Å². The first-order valence-electron chi connectivity index (χ1n) is 7.68. The number of rotatable bonds is 3. The number of carbonyl (C=O) groups is 2. The van der Waals surface area contributed by atoms with Gasteiger partial charge >= 0.3 is 0 Å².